The predicted molar refractivity (Wildman–Crippen MR) is 118 cm³/mol. The van der Waals surface area contributed by atoms with E-state index in [0.717, 1.165) is 15.4 Å². The van der Waals surface area contributed by atoms with Gasteiger partial charge < -0.3 is 5.32 Å². The summed E-state index contributed by atoms with van der Waals surface area (Å²) in [5.41, 5.74) is 2.43. The molecule has 0 spiro atoms. The summed E-state index contributed by atoms with van der Waals surface area (Å²) in [4.78, 5) is 12.8. The fourth-order valence-corrected chi connectivity index (χ4v) is 4.54. The number of hydrogen-bond acceptors (Lipinski definition) is 3. The highest BCUT2D eigenvalue weighted by Gasteiger charge is 2.27. The Kier molecular flexibility index (Phi) is 7.20. The topological polar surface area (TPSA) is 66.5 Å². The third kappa shape index (κ3) is 5.99. The fraction of sp³-hybridized carbons (Fsp3) is 0.208. The van der Waals surface area contributed by atoms with Crippen molar-refractivity contribution in [3.05, 3.63) is 101 Å². The van der Waals surface area contributed by atoms with Crippen LogP contribution in [0.2, 0.25) is 0 Å². The van der Waals surface area contributed by atoms with E-state index in [2.05, 4.69) is 5.32 Å². The summed E-state index contributed by atoms with van der Waals surface area (Å²) in [5, 5.41) is 2.85. The Labute approximate surface area is 182 Å². The first-order chi connectivity index (χ1) is 14.8. The average Bonchev–Trinajstić information content (AvgIpc) is 2.75. The Morgan fingerprint density at radius 1 is 0.968 bits per heavy atom. The molecule has 3 aromatic carbocycles. The Hall–Kier alpha value is -3.03. The molecule has 1 atom stereocenters. The molecule has 5 nitrogen and oxygen atoms in total. The van der Waals surface area contributed by atoms with Gasteiger partial charge in [0.25, 0.3) is 0 Å². The van der Waals surface area contributed by atoms with Crippen molar-refractivity contribution in [2.24, 2.45) is 0 Å². The number of hydrogen-bond donors (Lipinski definition) is 1. The number of carbonyl (C=O) groups excluding carboxylic acids is 1. The van der Waals surface area contributed by atoms with Gasteiger partial charge in [-0.15, -0.1) is 0 Å². The highest BCUT2D eigenvalue weighted by Crippen LogP contribution is 2.20. The van der Waals surface area contributed by atoms with Crippen LogP contribution in [0.15, 0.2) is 83.8 Å². The molecule has 162 valence electrons. The average molecular weight is 441 g/mol. The molecule has 0 heterocycles. The van der Waals surface area contributed by atoms with Gasteiger partial charge in [-0.1, -0.05) is 60.2 Å². The zero-order chi connectivity index (χ0) is 22.4. The molecule has 1 amide bonds. The van der Waals surface area contributed by atoms with Gasteiger partial charge in [-0.25, -0.2) is 12.8 Å². The molecule has 0 aromatic heterocycles. The van der Waals surface area contributed by atoms with Crippen molar-refractivity contribution in [1.82, 2.24) is 9.62 Å². The van der Waals surface area contributed by atoms with Crippen LogP contribution in [-0.4, -0.2) is 25.2 Å². The fourth-order valence-electron chi connectivity index (χ4n) is 3.15. The van der Waals surface area contributed by atoms with E-state index in [9.17, 15) is 17.6 Å². The van der Waals surface area contributed by atoms with Crippen molar-refractivity contribution in [2.45, 2.75) is 31.3 Å². The second-order valence-electron chi connectivity index (χ2n) is 7.41. The molecular formula is C24H25FN2O3S. The van der Waals surface area contributed by atoms with Crippen molar-refractivity contribution in [2.75, 3.05) is 6.54 Å². The van der Waals surface area contributed by atoms with Crippen molar-refractivity contribution in [1.29, 1.82) is 0 Å². The van der Waals surface area contributed by atoms with E-state index in [-0.39, 0.29) is 24.0 Å². The van der Waals surface area contributed by atoms with Gasteiger partial charge in [-0.2, -0.15) is 4.31 Å². The Bertz CT molecular complexity index is 1120. The number of nitrogens with zero attached hydrogens (tertiary/aromatic N) is 1. The van der Waals surface area contributed by atoms with Crippen molar-refractivity contribution >= 4 is 15.9 Å². The highest BCUT2D eigenvalue weighted by molar-refractivity contribution is 7.89. The molecule has 1 unspecified atom stereocenters. The standard InChI is InChI=1S/C24H25FN2O3S/c1-18-8-14-23(15-9-18)31(29,30)27(16-20-10-12-22(25)13-11-20)17-24(28)26-19(2)21-6-4-3-5-7-21/h3-15,19H,16-17H2,1-2H3,(H,26,28). The van der Waals surface area contributed by atoms with E-state index >= 15 is 0 Å². The molecule has 0 aliphatic heterocycles. The minimum Gasteiger partial charge on any atom is -0.348 e. The minimum absolute atomic E-state index is 0.0520. The molecule has 0 saturated heterocycles. The Balaban J connectivity index is 1.83. The molecule has 0 saturated carbocycles. The number of sulfonamides is 1. The molecule has 3 rings (SSSR count). The van der Waals surface area contributed by atoms with Gasteiger partial charge in [0.05, 0.1) is 17.5 Å². The van der Waals surface area contributed by atoms with E-state index < -0.39 is 21.7 Å². The third-order valence-corrected chi connectivity index (χ3v) is 6.73. The van der Waals surface area contributed by atoms with E-state index in [1.54, 1.807) is 12.1 Å². The molecule has 1 N–H and O–H groups in total. The summed E-state index contributed by atoms with van der Waals surface area (Å²) in [5.74, 6) is -0.833. The van der Waals surface area contributed by atoms with Gasteiger partial charge in [0.2, 0.25) is 15.9 Å². The lowest BCUT2D eigenvalue weighted by Crippen LogP contribution is -2.41. The van der Waals surface area contributed by atoms with Crippen LogP contribution in [-0.2, 0) is 21.4 Å². The van der Waals surface area contributed by atoms with Gasteiger partial charge in [0.15, 0.2) is 0 Å². The summed E-state index contributed by atoms with van der Waals surface area (Å²) in [6, 6.07) is 21.2. The van der Waals surface area contributed by atoms with Crippen molar-refractivity contribution in [3.63, 3.8) is 0 Å². The van der Waals surface area contributed by atoms with Crippen LogP contribution in [0, 0.1) is 12.7 Å². The van der Waals surface area contributed by atoms with Crippen LogP contribution < -0.4 is 5.32 Å². The first kappa shape index (κ1) is 22.7. The summed E-state index contributed by atoms with van der Waals surface area (Å²) in [6.07, 6.45) is 0. The van der Waals surface area contributed by atoms with E-state index in [1.807, 2.05) is 44.2 Å². The zero-order valence-electron chi connectivity index (χ0n) is 17.5. The first-order valence-corrected chi connectivity index (χ1v) is 11.4. The number of aryl methyl sites for hydroxylation is 1. The lowest BCUT2D eigenvalue weighted by molar-refractivity contribution is -0.122. The summed E-state index contributed by atoms with van der Waals surface area (Å²) < 4.78 is 40.9. The predicted octanol–water partition coefficient (Wildman–Crippen LogP) is 4.20. The second-order valence-corrected chi connectivity index (χ2v) is 9.35. The second kappa shape index (κ2) is 9.85. The van der Waals surface area contributed by atoms with Gasteiger partial charge in [-0.05, 0) is 49.2 Å². The Morgan fingerprint density at radius 3 is 2.19 bits per heavy atom. The first-order valence-electron chi connectivity index (χ1n) is 9.91. The molecule has 0 fully saturated rings. The number of carbonyl (C=O) groups is 1. The Morgan fingerprint density at radius 2 is 1.58 bits per heavy atom. The molecular weight excluding hydrogens is 415 g/mol. The van der Waals surface area contributed by atoms with Crippen LogP contribution in [0.25, 0.3) is 0 Å². The van der Waals surface area contributed by atoms with E-state index in [4.69, 9.17) is 0 Å². The third-order valence-electron chi connectivity index (χ3n) is 4.93. The maximum Gasteiger partial charge on any atom is 0.243 e. The minimum atomic E-state index is -3.94. The quantitative estimate of drug-likeness (QED) is 0.571. The molecule has 3 aromatic rings. The maximum absolute atomic E-state index is 13.3. The zero-order valence-corrected chi connectivity index (χ0v) is 18.3. The largest absolute Gasteiger partial charge is 0.348 e. The highest BCUT2D eigenvalue weighted by atomic mass is 32.2. The summed E-state index contributed by atoms with van der Waals surface area (Å²) in [7, 11) is -3.94. The summed E-state index contributed by atoms with van der Waals surface area (Å²) in [6.45, 7) is 3.30. The van der Waals surface area contributed by atoms with E-state index in [0.29, 0.717) is 5.56 Å². The van der Waals surface area contributed by atoms with Gasteiger partial charge in [0, 0.05) is 6.54 Å². The smallest absolute Gasteiger partial charge is 0.243 e. The van der Waals surface area contributed by atoms with Crippen LogP contribution in [0.1, 0.15) is 29.7 Å². The number of benzene rings is 3. The van der Waals surface area contributed by atoms with Crippen LogP contribution in [0.4, 0.5) is 4.39 Å². The SMILES string of the molecule is Cc1ccc(S(=O)(=O)N(CC(=O)NC(C)c2ccccc2)Cc2ccc(F)cc2)cc1. The number of rotatable bonds is 8. The lowest BCUT2D eigenvalue weighted by Gasteiger charge is -2.23. The van der Waals surface area contributed by atoms with Gasteiger partial charge in [0.1, 0.15) is 5.82 Å². The van der Waals surface area contributed by atoms with Crippen molar-refractivity contribution in [3.8, 4) is 0 Å². The normalized spacial score (nSPS) is 12.5. The van der Waals surface area contributed by atoms with Crippen LogP contribution >= 0.6 is 0 Å². The number of halogens is 1. The maximum atomic E-state index is 13.3. The molecule has 7 heteroatoms. The van der Waals surface area contributed by atoms with Crippen molar-refractivity contribution < 1.29 is 17.6 Å². The van der Waals surface area contributed by atoms with Crippen LogP contribution in [0.3, 0.4) is 0 Å². The van der Waals surface area contributed by atoms with E-state index in [1.165, 1.54) is 36.4 Å². The summed E-state index contributed by atoms with van der Waals surface area (Å²) >= 11 is 0. The molecule has 31 heavy (non-hydrogen) atoms. The van der Waals surface area contributed by atoms with Crippen LogP contribution in [0.5, 0.6) is 0 Å². The molecule has 0 bridgehead atoms. The van der Waals surface area contributed by atoms with Gasteiger partial charge >= 0.3 is 0 Å². The monoisotopic (exact) mass is 440 g/mol. The molecule has 0 aliphatic rings. The number of amides is 1. The molecule has 0 aliphatic carbocycles. The number of nitrogens with one attached hydrogen (secondary N) is 1. The lowest BCUT2D eigenvalue weighted by atomic mass is 10.1. The van der Waals surface area contributed by atoms with Gasteiger partial charge in [-0.3, -0.25) is 4.79 Å². The molecule has 0 radical (unpaired) electrons.